The molecular formula is C12H15ClN2O4. The summed E-state index contributed by atoms with van der Waals surface area (Å²) in [4.78, 5) is 24.5. The molecule has 0 aliphatic rings. The first-order valence-corrected chi connectivity index (χ1v) is 6.04. The van der Waals surface area contributed by atoms with Crippen molar-refractivity contribution in [2.75, 3.05) is 31.6 Å². The number of rotatable bonds is 5. The Morgan fingerprint density at radius 3 is 2.37 bits per heavy atom. The Morgan fingerprint density at radius 1 is 1.21 bits per heavy atom. The first kappa shape index (κ1) is 15.4. The molecule has 0 unspecified atom stereocenters. The van der Waals surface area contributed by atoms with E-state index in [9.17, 15) is 9.59 Å². The van der Waals surface area contributed by atoms with Crippen molar-refractivity contribution in [3.8, 4) is 0 Å². The number of aliphatic hydroxyl groups is 2. The van der Waals surface area contributed by atoms with Gasteiger partial charge in [-0.1, -0.05) is 17.7 Å². The van der Waals surface area contributed by atoms with Gasteiger partial charge in [0.25, 0.3) is 0 Å². The third-order valence-corrected chi connectivity index (χ3v) is 2.54. The second kappa shape index (κ2) is 7.73. The summed E-state index contributed by atoms with van der Waals surface area (Å²) in [6, 6.07) is 6.39. The van der Waals surface area contributed by atoms with Gasteiger partial charge in [0.2, 0.25) is 0 Å². The summed E-state index contributed by atoms with van der Waals surface area (Å²) in [5.41, 5.74) is 0.402. The third kappa shape index (κ3) is 4.86. The van der Waals surface area contributed by atoms with Crippen LogP contribution in [0.4, 0.5) is 5.69 Å². The van der Waals surface area contributed by atoms with Crippen molar-refractivity contribution in [2.45, 2.75) is 0 Å². The lowest BCUT2D eigenvalue weighted by Crippen LogP contribution is -2.42. The molecule has 0 aliphatic carbocycles. The minimum atomic E-state index is -0.843. The molecule has 1 aromatic carbocycles. The molecule has 0 aromatic heterocycles. The van der Waals surface area contributed by atoms with Crippen LogP contribution in [0.5, 0.6) is 0 Å². The molecule has 0 aliphatic heterocycles. The Balaban J connectivity index is 2.68. The molecule has 1 aromatic rings. The minimum Gasteiger partial charge on any atom is -0.395 e. The van der Waals surface area contributed by atoms with E-state index in [4.69, 9.17) is 21.8 Å². The van der Waals surface area contributed by atoms with E-state index in [1.165, 1.54) is 6.07 Å². The summed E-state index contributed by atoms with van der Waals surface area (Å²) in [6.07, 6.45) is 0. The maximum absolute atomic E-state index is 11.8. The van der Waals surface area contributed by atoms with Gasteiger partial charge in [-0.2, -0.15) is 0 Å². The molecule has 19 heavy (non-hydrogen) atoms. The molecule has 0 saturated heterocycles. The fourth-order valence-electron chi connectivity index (χ4n) is 1.45. The Bertz CT molecular complexity index is 447. The average Bonchev–Trinajstić information content (AvgIpc) is 2.37. The first-order chi connectivity index (χ1) is 9.08. The van der Waals surface area contributed by atoms with Gasteiger partial charge in [-0.3, -0.25) is 9.59 Å². The second-order valence-electron chi connectivity index (χ2n) is 3.70. The van der Waals surface area contributed by atoms with Crippen LogP contribution < -0.4 is 5.32 Å². The molecule has 7 heteroatoms. The van der Waals surface area contributed by atoms with Gasteiger partial charge in [0.15, 0.2) is 0 Å². The molecule has 0 fully saturated rings. The standard InChI is InChI=1S/C12H15ClN2O4/c13-9-2-1-3-10(8-9)14-11(18)12(19)15(4-6-16)5-7-17/h1-3,8,16-17H,4-7H2,(H,14,18). The lowest BCUT2D eigenvalue weighted by Gasteiger charge is -2.19. The molecular weight excluding hydrogens is 272 g/mol. The molecule has 0 atom stereocenters. The number of carbonyl (C=O) groups excluding carboxylic acids is 2. The molecule has 104 valence electrons. The van der Waals surface area contributed by atoms with Gasteiger partial charge in [0.1, 0.15) is 0 Å². The normalized spacial score (nSPS) is 10.1. The third-order valence-electron chi connectivity index (χ3n) is 2.30. The minimum absolute atomic E-state index is 0.0115. The van der Waals surface area contributed by atoms with Gasteiger partial charge in [-0.25, -0.2) is 0 Å². The van der Waals surface area contributed by atoms with E-state index in [1.54, 1.807) is 18.2 Å². The van der Waals surface area contributed by atoms with Crippen LogP contribution in [0, 0.1) is 0 Å². The fourth-order valence-corrected chi connectivity index (χ4v) is 1.64. The number of amides is 2. The van der Waals surface area contributed by atoms with Crippen molar-refractivity contribution >= 4 is 29.1 Å². The lowest BCUT2D eigenvalue weighted by molar-refractivity contribution is -0.143. The maximum atomic E-state index is 11.8. The number of anilines is 1. The summed E-state index contributed by atoms with van der Waals surface area (Å²) >= 11 is 5.76. The Labute approximate surface area is 115 Å². The second-order valence-corrected chi connectivity index (χ2v) is 4.14. The monoisotopic (exact) mass is 286 g/mol. The summed E-state index contributed by atoms with van der Waals surface area (Å²) in [6.45, 7) is -0.586. The Hall–Kier alpha value is -1.63. The Morgan fingerprint density at radius 2 is 1.84 bits per heavy atom. The highest BCUT2D eigenvalue weighted by Crippen LogP contribution is 2.14. The highest BCUT2D eigenvalue weighted by atomic mass is 35.5. The number of hydrogen-bond donors (Lipinski definition) is 3. The van der Waals surface area contributed by atoms with Crippen molar-refractivity contribution in [2.24, 2.45) is 0 Å². The van der Waals surface area contributed by atoms with E-state index < -0.39 is 11.8 Å². The van der Waals surface area contributed by atoms with Crippen LogP contribution in [0.3, 0.4) is 0 Å². The molecule has 0 saturated carbocycles. The zero-order valence-electron chi connectivity index (χ0n) is 10.2. The van der Waals surface area contributed by atoms with E-state index in [0.717, 1.165) is 4.90 Å². The zero-order chi connectivity index (χ0) is 14.3. The molecule has 0 radical (unpaired) electrons. The highest BCUT2D eigenvalue weighted by molar-refractivity contribution is 6.39. The summed E-state index contributed by atoms with van der Waals surface area (Å²) in [5.74, 6) is -1.66. The summed E-state index contributed by atoms with van der Waals surface area (Å²) in [7, 11) is 0. The van der Waals surface area contributed by atoms with Crippen LogP contribution in [-0.2, 0) is 9.59 Å². The van der Waals surface area contributed by atoms with Crippen LogP contribution in [0.15, 0.2) is 24.3 Å². The average molecular weight is 287 g/mol. The van der Waals surface area contributed by atoms with Crippen LogP contribution in [0.1, 0.15) is 0 Å². The van der Waals surface area contributed by atoms with Gasteiger partial charge < -0.3 is 20.4 Å². The lowest BCUT2D eigenvalue weighted by atomic mass is 10.3. The van der Waals surface area contributed by atoms with Crippen LogP contribution >= 0.6 is 11.6 Å². The molecule has 0 heterocycles. The van der Waals surface area contributed by atoms with E-state index in [0.29, 0.717) is 10.7 Å². The fraction of sp³-hybridized carbons (Fsp3) is 0.333. The zero-order valence-corrected chi connectivity index (χ0v) is 10.9. The molecule has 2 amide bonds. The smallest absolute Gasteiger partial charge is 0.313 e. The number of carbonyl (C=O) groups is 2. The SMILES string of the molecule is O=C(Nc1cccc(Cl)c1)C(=O)N(CCO)CCO. The molecule has 1 rings (SSSR count). The van der Waals surface area contributed by atoms with E-state index in [-0.39, 0.29) is 26.3 Å². The van der Waals surface area contributed by atoms with Crippen LogP contribution in [0.2, 0.25) is 5.02 Å². The van der Waals surface area contributed by atoms with E-state index in [2.05, 4.69) is 5.32 Å². The van der Waals surface area contributed by atoms with Gasteiger partial charge in [-0.15, -0.1) is 0 Å². The van der Waals surface area contributed by atoms with Gasteiger partial charge >= 0.3 is 11.8 Å². The molecule has 0 spiro atoms. The van der Waals surface area contributed by atoms with E-state index >= 15 is 0 Å². The van der Waals surface area contributed by atoms with Crippen molar-refractivity contribution < 1.29 is 19.8 Å². The van der Waals surface area contributed by atoms with E-state index in [1.807, 2.05) is 0 Å². The topological polar surface area (TPSA) is 89.9 Å². The predicted molar refractivity (Wildman–Crippen MR) is 70.8 cm³/mol. The van der Waals surface area contributed by atoms with Crippen molar-refractivity contribution in [3.05, 3.63) is 29.3 Å². The van der Waals surface area contributed by atoms with Crippen LogP contribution in [-0.4, -0.2) is 53.2 Å². The number of halogens is 1. The van der Waals surface area contributed by atoms with Crippen molar-refractivity contribution in [1.82, 2.24) is 4.90 Å². The number of aliphatic hydroxyl groups excluding tert-OH is 2. The largest absolute Gasteiger partial charge is 0.395 e. The number of nitrogens with zero attached hydrogens (tertiary/aromatic N) is 1. The van der Waals surface area contributed by atoms with Crippen molar-refractivity contribution in [3.63, 3.8) is 0 Å². The van der Waals surface area contributed by atoms with Gasteiger partial charge in [0.05, 0.1) is 13.2 Å². The first-order valence-electron chi connectivity index (χ1n) is 5.66. The van der Waals surface area contributed by atoms with Crippen molar-refractivity contribution in [1.29, 1.82) is 0 Å². The Kier molecular flexibility index (Phi) is 6.27. The maximum Gasteiger partial charge on any atom is 0.313 e. The number of benzene rings is 1. The van der Waals surface area contributed by atoms with Gasteiger partial charge in [-0.05, 0) is 18.2 Å². The number of nitrogens with one attached hydrogen (secondary N) is 1. The molecule has 6 nitrogen and oxygen atoms in total. The number of hydrogen-bond acceptors (Lipinski definition) is 4. The van der Waals surface area contributed by atoms with Gasteiger partial charge in [0, 0.05) is 23.8 Å². The molecule has 0 bridgehead atoms. The summed E-state index contributed by atoms with van der Waals surface area (Å²) in [5, 5.41) is 20.4. The predicted octanol–water partition coefficient (Wildman–Crippen LogP) is 0.0917. The molecule has 3 N–H and O–H groups in total. The van der Waals surface area contributed by atoms with Crippen LogP contribution in [0.25, 0.3) is 0 Å². The summed E-state index contributed by atoms with van der Waals surface area (Å²) < 4.78 is 0. The quantitative estimate of drug-likeness (QED) is 0.669. The highest BCUT2D eigenvalue weighted by Gasteiger charge is 2.21.